The van der Waals surface area contributed by atoms with Crippen molar-refractivity contribution in [2.75, 3.05) is 13.1 Å². The number of aromatic nitrogens is 4. The van der Waals surface area contributed by atoms with Gasteiger partial charge in [-0.15, -0.1) is 0 Å². The van der Waals surface area contributed by atoms with Gasteiger partial charge in [0, 0.05) is 43.6 Å². The number of nitrogens with zero attached hydrogens (tertiary/aromatic N) is 3. The second kappa shape index (κ2) is 7.43. The smallest absolute Gasteiger partial charge is 0.250 e. The van der Waals surface area contributed by atoms with E-state index in [0.29, 0.717) is 19.4 Å². The first-order chi connectivity index (χ1) is 12.7. The molecule has 2 N–H and O–H groups in total. The Morgan fingerprint density at radius 2 is 2.15 bits per heavy atom. The van der Waals surface area contributed by atoms with E-state index < -0.39 is 0 Å². The van der Waals surface area contributed by atoms with Crippen LogP contribution in [0.1, 0.15) is 60.7 Å². The quantitative estimate of drug-likeness (QED) is 0.873. The van der Waals surface area contributed by atoms with E-state index in [0.717, 1.165) is 43.6 Å². The molecule has 0 bridgehead atoms. The summed E-state index contributed by atoms with van der Waals surface area (Å²) in [4.78, 5) is 33.0. The molecular weight excluding hydrogens is 330 g/mol. The highest BCUT2D eigenvalue weighted by atomic mass is 16.2. The number of aromatic amines is 2. The number of piperidine rings is 1. The summed E-state index contributed by atoms with van der Waals surface area (Å²) >= 11 is 0. The van der Waals surface area contributed by atoms with E-state index in [-0.39, 0.29) is 17.4 Å². The van der Waals surface area contributed by atoms with Crippen molar-refractivity contribution in [3.05, 3.63) is 45.4 Å². The van der Waals surface area contributed by atoms with E-state index in [1.807, 2.05) is 4.90 Å². The van der Waals surface area contributed by atoms with E-state index in [9.17, 15) is 9.59 Å². The number of amides is 1. The summed E-state index contributed by atoms with van der Waals surface area (Å²) in [5.74, 6) is 0.320. The van der Waals surface area contributed by atoms with E-state index >= 15 is 0 Å². The summed E-state index contributed by atoms with van der Waals surface area (Å²) in [7, 11) is 0. The zero-order chi connectivity index (χ0) is 17.9. The highest BCUT2D eigenvalue weighted by molar-refractivity contribution is 5.76. The van der Waals surface area contributed by atoms with Crippen molar-refractivity contribution in [2.24, 2.45) is 0 Å². The molecule has 1 aliphatic heterocycles. The number of hydrogen-bond acceptors (Lipinski definition) is 4. The number of hydrogen-bond donors (Lipinski definition) is 2. The fourth-order valence-corrected chi connectivity index (χ4v) is 4.19. The van der Waals surface area contributed by atoms with Gasteiger partial charge in [0.15, 0.2) is 0 Å². The van der Waals surface area contributed by atoms with Gasteiger partial charge in [-0.05, 0) is 44.1 Å². The van der Waals surface area contributed by atoms with Crippen LogP contribution in [0.5, 0.6) is 0 Å². The van der Waals surface area contributed by atoms with E-state index in [4.69, 9.17) is 0 Å². The van der Waals surface area contributed by atoms with Crippen molar-refractivity contribution in [2.45, 2.75) is 57.3 Å². The molecule has 3 heterocycles. The van der Waals surface area contributed by atoms with Crippen LogP contribution >= 0.6 is 0 Å². The van der Waals surface area contributed by atoms with Crippen molar-refractivity contribution in [1.29, 1.82) is 0 Å². The largest absolute Gasteiger partial charge is 0.342 e. The number of H-pyrrole nitrogens is 2. The molecule has 4 rings (SSSR count). The van der Waals surface area contributed by atoms with Crippen LogP contribution in [0.2, 0.25) is 0 Å². The first-order valence-electron chi connectivity index (χ1n) is 9.58. The Kier molecular flexibility index (Phi) is 4.86. The lowest BCUT2D eigenvalue weighted by molar-refractivity contribution is -0.132. The summed E-state index contributed by atoms with van der Waals surface area (Å²) in [6, 6.07) is 1.55. The molecule has 1 aliphatic carbocycles. The number of carbonyl (C=O) groups is 1. The van der Waals surface area contributed by atoms with Gasteiger partial charge in [-0.1, -0.05) is 0 Å². The average Bonchev–Trinajstić information content (AvgIpc) is 3.09. The Hall–Kier alpha value is -2.44. The predicted molar refractivity (Wildman–Crippen MR) is 97.0 cm³/mol. The number of nitrogens with one attached hydrogen (secondary N) is 2. The summed E-state index contributed by atoms with van der Waals surface area (Å²) < 4.78 is 0. The van der Waals surface area contributed by atoms with Crippen LogP contribution in [-0.2, 0) is 24.1 Å². The number of fused-ring (bicyclic) bond motifs is 1. The van der Waals surface area contributed by atoms with Gasteiger partial charge in [0.2, 0.25) is 5.91 Å². The van der Waals surface area contributed by atoms with E-state index in [2.05, 4.69) is 20.2 Å². The van der Waals surface area contributed by atoms with Gasteiger partial charge >= 0.3 is 0 Å². The first kappa shape index (κ1) is 17.0. The molecule has 138 valence electrons. The number of carbonyl (C=O) groups excluding carboxylic acids is 1. The molecule has 2 aromatic heterocycles. The SMILES string of the molecule is O=C(CCc1n[nH]c2c1CCCC2)N1CCC[C@@H](c2cc(=O)[nH]cn2)C1. The first-order valence-corrected chi connectivity index (χ1v) is 9.58. The van der Waals surface area contributed by atoms with Crippen molar-refractivity contribution in [3.8, 4) is 0 Å². The minimum absolute atomic E-state index is 0.137. The van der Waals surface area contributed by atoms with Crippen LogP contribution < -0.4 is 5.56 Å². The van der Waals surface area contributed by atoms with Gasteiger partial charge < -0.3 is 9.88 Å². The molecule has 0 radical (unpaired) electrons. The Morgan fingerprint density at radius 3 is 3.04 bits per heavy atom. The van der Waals surface area contributed by atoms with Gasteiger partial charge in [-0.3, -0.25) is 14.7 Å². The maximum Gasteiger partial charge on any atom is 0.250 e. The molecule has 0 saturated carbocycles. The fraction of sp³-hybridized carbons (Fsp3) is 0.579. The Balaban J connectivity index is 1.37. The maximum atomic E-state index is 12.7. The van der Waals surface area contributed by atoms with Crippen LogP contribution in [-0.4, -0.2) is 44.1 Å². The molecule has 7 heteroatoms. The van der Waals surface area contributed by atoms with Crippen molar-refractivity contribution in [3.63, 3.8) is 0 Å². The Morgan fingerprint density at radius 1 is 1.27 bits per heavy atom. The third-order valence-electron chi connectivity index (χ3n) is 5.61. The topological polar surface area (TPSA) is 94.7 Å². The maximum absolute atomic E-state index is 12.7. The molecule has 1 fully saturated rings. The lowest BCUT2D eigenvalue weighted by atomic mass is 9.93. The molecule has 0 unspecified atom stereocenters. The average molecular weight is 355 g/mol. The summed E-state index contributed by atoms with van der Waals surface area (Å²) in [5, 5.41) is 7.59. The van der Waals surface area contributed by atoms with E-state index in [1.54, 1.807) is 6.07 Å². The van der Waals surface area contributed by atoms with Crippen LogP contribution in [0.4, 0.5) is 0 Å². The third-order valence-corrected chi connectivity index (χ3v) is 5.61. The Labute approximate surface area is 152 Å². The minimum atomic E-state index is -0.137. The number of likely N-dealkylation sites (tertiary alicyclic amines) is 1. The van der Waals surface area contributed by atoms with Crippen molar-refractivity contribution < 1.29 is 4.79 Å². The second-order valence-electron chi connectivity index (χ2n) is 7.35. The molecule has 1 saturated heterocycles. The summed E-state index contributed by atoms with van der Waals surface area (Å²) in [5.41, 5.74) is 4.32. The van der Waals surface area contributed by atoms with Crippen molar-refractivity contribution >= 4 is 5.91 Å². The predicted octanol–water partition coefficient (Wildman–Crippen LogP) is 1.71. The molecule has 7 nitrogen and oxygen atoms in total. The van der Waals surface area contributed by atoms with Gasteiger partial charge in [0.25, 0.3) is 5.56 Å². The van der Waals surface area contributed by atoms with Crippen LogP contribution in [0.3, 0.4) is 0 Å². The van der Waals surface area contributed by atoms with Crippen molar-refractivity contribution in [1.82, 2.24) is 25.1 Å². The summed E-state index contributed by atoms with van der Waals surface area (Å²) in [6.45, 7) is 1.44. The zero-order valence-corrected chi connectivity index (χ0v) is 15.0. The fourth-order valence-electron chi connectivity index (χ4n) is 4.19. The summed E-state index contributed by atoms with van der Waals surface area (Å²) in [6.07, 6.45) is 9.14. The lowest BCUT2D eigenvalue weighted by Crippen LogP contribution is -2.39. The van der Waals surface area contributed by atoms with Gasteiger partial charge in [0.05, 0.1) is 17.7 Å². The van der Waals surface area contributed by atoms with Gasteiger partial charge in [-0.25, -0.2) is 4.98 Å². The highest BCUT2D eigenvalue weighted by Crippen LogP contribution is 2.26. The molecule has 26 heavy (non-hydrogen) atoms. The zero-order valence-electron chi connectivity index (χ0n) is 15.0. The number of aryl methyl sites for hydroxylation is 2. The molecule has 2 aromatic rings. The number of rotatable bonds is 4. The standard InChI is InChI=1S/C19H25N5O2/c25-18-10-17(20-12-21-18)13-4-3-9-24(11-13)19(26)8-7-16-14-5-1-2-6-15(14)22-23-16/h10,12-13H,1-9,11H2,(H,22,23)(H,20,21,25)/t13-/m1/s1. The molecule has 0 spiro atoms. The minimum Gasteiger partial charge on any atom is -0.342 e. The molecule has 2 aliphatic rings. The normalized spacial score (nSPS) is 20.0. The molecule has 1 amide bonds. The lowest BCUT2D eigenvalue weighted by Gasteiger charge is -2.32. The van der Waals surface area contributed by atoms with Crippen LogP contribution in [0, 0.1) is 0 Å². The third kappa shape index (κ3) is 3.57. The van der Waals surface area contributed by atoms with Crippen LogP contribution in [0.15, 0.2) is 17.2 Å². The Bertz CT molecular complexity index is 840. The molecule has 0 aromatic carbocycles. The monoisotopic (exact) mass is 355 g/mol. The second-order valence-corrected chi connectivity index (χ2v) is 7.35. The van der Waals surface area contributed by atoms with Gasteiger partial charge in [-0.2, -0.15) is 5.10 Å². The van der Waals surface area contributed by atoms with Gasteiger partial charge in [0.1, 0.15) is 0 Å². The molecular formula is C19H25N5O2. The molecule has 1 atom stereocenters. The van der Waals surface area contributed by atoms with E-state index in [1.165, 1.54) is 30.4 Å². The van der Waals surface area contributed by atoms with Crippen LogP contribution in [0.25, 0.3) is 0 Å². The highest BCUT2D eigenvalue weighted by Gasteiger charge is 2.26.